The standard InChI is InChI=1S/C25H34N6O4S/c1-16-13-27-24(28-14-16)17(2)18(3)36(32,33)15-22-29-30-25(19-9-6-7-12-26-19)31(22)23-20(34-4)10-8-11-21(23)35-5/h8,10-11,13-14,17-19,26H,6-7,9,12,15H2,1-5H3/t17-,18-,19-/m0/s1. The van der Waals surface area contributed by atoms with Crippen LogP contribution >= 0.6 is 0 Å². The zero-order valence-corrected chi connectivity index (χ0v) is 22.2. The molecule has 0 bridgehead atoms. The van der Waals surface area contributed by atoms with Gasteiger partial charge >= 0.3 is 0 Å². The van der Waals surface area contributed by atoms with Gasteiger partial charge in [-0.3, -0.25) is 4.57 Å². The van der Waals surface area contributed by atoms with Gasteiger partial charge in [-0.15, -0.1) is 10.2 Å². The topological polar surface area (TPSA) is 121 Å². The Morgan fingerprint density at radius 2 is 1.75 bits per heavy atom. The normalized spacial score (nSPS) is 18.0. The summed E-state index contributed by atoms with van der Waals surface area (Å²) in [4.78, 5) is 8.69. The molecule has 0 unspecified atom stereocenters. The molecule has 3 aromatic rings. The van der Waals surface area contributed by atoms with Crippen LogP contribution in [0.25, 0.3) is 5.69 Å². The number of ether oxygens (including phenoxy) is 2. The van der Waals surface area contributed by atoms with Gasteiger partial charge in [-0.25, -0.2) is 18.4 Å². The second-order valence-corrected chi connectivity index (χ2v) is 11.6. The molecule has 0 aliphatic carbocycles. The minimum atomic E-state index is -3.66. The lowest BCUT2D eigenvalue weighted by Gasteiger charge is -2.25. The molecule has 4 rings (SSSR count). The van der Waals surface area contributed by atoms with Crippen molar-refractivity contribution in [2.45, 2.75) is 63.0 Å². The number of hydrogen-bond donors (Lipinski definition) is 1. The molecule has 1 N–H and O–H groups in total. The van der Waals surface area contributed by atoms with E-state index >= 15 is 0 Å². The lowest BCUT2D eigenvalue weighted by molar-refractivity contribution is 0.378. The first kappa shape index (κ1) is 26.0. The van der Waals surface area contributed by atoms with Crippen molar-refractivity contribution in [3.05, 3.63) is 53.6 Å². The van der Waals surface area contributed by atoms with Gasteiger partial charge in [0.05, 0.1) is 25.5 Å². The summed E-state index contributed by atoms with van der Waals surface area (Å²) in [5.74, 6) is 1.84. The van der Waals surface area contributed by atoms with E-state index in [1.54, 1.807) is 38.1 Å². The predicted molar refractivity (Wildman–Crippen MR) is 136 cm³/mol. The van der Waals surface area contributed by atoms with Gasteiger partial charge < -0.3 is 14.8 Å². The molecular formula is C25H34N6O4S. The Hall–Kier alpha value is -3.05. The Balaban J connectivity index is 1.77. The quantitative estimate of drug-likeness (QED) is 0.458. The Kier molecular flexibility index (Phi) is 7.89. The van der Waals surface area contributed by atoms with E-state index in [0.29, 0.717) is 34.7 Å². The minimum absolute atomic E-state index is 0.0605. The van der Waals surface area contributed by atoms with Gasteiger partial charge in [-0.1, -0.05) is 19.4 Å². The van der Waals surface area contributed by atoms with Crippen LogP contribution in [0, 0.1) is 6.92 Å². The molecule has 3 atom stereocenters. The highest BCUT2D eigenvalue weighted by molar-refractivity contribution is 7.91. The molecule has 1 fully saturated rings. The van der Waals surface area contributed by atoms with Crippen LogP contribution in [0.2, 0.25) is 0 Å². The SMILES string of the molecule is COc1cccc(OC)c1-n1c(CS(=O)(=O)[C@@H](C)[C@H](C)c2ncc(C)cn2)nnc1[C@@H]1CCCCN1. The number of benzene rings is 1. The second kappa shape index (κ2) is 10.9. The molecule has 194 valence electrons. The summed E-state index contributed by atoms with van der Waals surface area (Å²) >= 11 is 0. The van der Waals surface area contributed by atoms with E-state index in [9.17, 15) is 8.42 Å². The van der Waals surface area contributed by atoms with Crippen molar-refractivity contribution in [1.29, 1.82) is 0 Å². The van der Waals surface area contributed by atoms with E-state index in [0.717, 1.165) is 31.4 Å². The lowest BCUT2D eigenvalue weighted by atomic mass is 10.0. The van der Waals surface area contributed by atoms with Gasteiger partial charge in [0.25, 0.3) is 0 Å². The van der Waals surface area contributed by atoms with E-state index < -0.39 is 21.0 Å². The van der Waals surface area contributed by atoms with Crippen molar-refractivity contribution in [3.8, 4) is 17.2 Å². The van der Waals surface area contributed by atoms with Crippen molar-refractivity contribution >= 4 is 9.84 Å². The van der Waals surface area contributed by atoms with Gasteiger partial charge in [0, 0.05) is 18.3 Å². The maximum Gasteiger partial charge on any atom is 0.160 e. The fourth-order valence-electron chi connectivity index (χ4n) is 4.49. The fraction of sp³-hybridized carbons (Fsp3) is 0.520. The van der Waals surface area contributed by atoms with E-state index in [4.69, 9.17) is 9.47 Å². The van der Waals surface area contributed by atoms with Crippen LogP contribution in [0.4, 0.5) is 0 Å². The minimum Gasteiger partial charge on any atom is -0.494 e. The molecular weight excluding hydrogens is 480 g/mol. The van der Waals surface area contributed by atoms with Gasteiger partial charge in [0.2, 0.25) is 0 Å². The van der Waals surface area contributed by atoms with Crippen LogP contribution in [0.5, 0.6) is 11.5 Å². The first-order chi connectivity index (χ1) is 17.3. The highest BCUT2D eigenvalue weighted by Crippen LogP contribution is 2.37. The summed E-state index contributed by atoms with van der Waals surface area (Å²) in [5.41, 5.74) is 1.51. The van der Waals surface area contributed by atoms with Crippen LogP contribution in [-0.2, 0) is 15.6 Å². The van der Waals surface area contributed by atoms with E-state index in [-0.39, 0.29) is 11.8 Å². The number of hydrogen-bond acceptors (Lipinski definition) is 9. The van der Waals surface area contributed by atoms with Crippen molar-refractivity contribution in [1.82, 2.24) is 30.0 Å². The zero-order valence-electron chi connectivity index (χ0n) is 21.4. The summed E-state index contributed by atoms with van der Waals surface area (Å²) in [5, 5.41) is 11.6. The van der Waals surface area contributed by atoms with E-state index in [1.807, 2.05) is 32.0 Å². The van der Waals surface area contributed by atoms with Crippen molar-refractivity contribution < 1.29 is 17.9 Å². The van der Waals surface area contributed by atoms with Crippen LogP contribution in [-0.4, -0.2) is 59.2 Å². The maximum atomic E-state index is 13.6. The Morgan fingerprint density at radius 3 is 2.33 bits per heavy atom. The second-order valence-electron chi connectivity index (χ2n) is 9.24. The average molecular weight is 515 g/mol. The Labute approximate surface area is 212 Å². The summed E-state index contributed by atoms with van der Waals surface area (Å²) in [6.07, 6.45) is 6.41. The summed E-state index contributed by atoms with van der Waals surface area (Å²) in [6, 6.07) is 5.39. The molecule has 3 heterocycles. The molecule has 2 aromatic heterocycles. The number of methoxy groups -OCH3 is 2. The number of para-hydroxylation sites is 1. The van der Waals surface area contributed by atoms with Crippen LogP contribution < -0.4 is 14.8 Å². The summed E-state index contributed by atoms with van der Waals surface area (Å²) in [7, 11) is -0.519. The summed E-state index contributed by atoms with van der Waals surface area (Å²) < 4.78 is 40.4. The highest BCUT2D eigenvalue weighted by Gasteiger charge is 2.34. The third-order valence-corrected chi connectivity index (χ3v) is 9.01. The maximum absolute atomic E-state index is 13.6. The van der Waals surface area contributed by atoms with Crippen LogP contribution in [0.1, 0.15) is 68.1 Å². The lowest BCUT2D eigenvalue weighted by Crippen LogP contribution is -2.30. The van der Waals surface area contributed by atoms with Crippen LogP contribution in [0.15, 0.2) is 30.6 Å². The molecule has 11 heteroatoms. The zero-order chi connectivity index (χ0) is 25.9. The first-order valence-corrected chi connectivity index (χ1v) is 13.9. The molecule has 10 nitrogen and oxygen atoms in total. The van der Waals surface area contributed by atoms with Crippen molar-refractivity contribution in [2.75, 3.05) is 20.8 Å². The van der Waals surface area contributed by atoms with Crippen molar-refractivity contribution in [3.63, 3.8) is 0 Å². The molecule has 1 aliphatic heterocycles. The van der Waals surface area contributed by atoms with Gasteiger partial charge in [0.15, 0.2) is 21.5 Å². The van der Waals surface area contributed by atoms with E-state index in [1.165, 1.54) is 0 Å². The van der Waals surface area contributed by atoms with Gasteiger partial charge in [-0.2, -0.15) is 0 Å². The van der Waals surface area contributed by atoms with Gasteiger partial charge in [0.1, 0.15) is 28.8 Å². The number of nitrogens with one attached hydrogen (secondary N) is 1. The Morgan fingerprint density at radius 1 is 1.08 bits per heavy atom. The smallest absolute Gasteiger partial charge is 0.160 e. The number of aryl methyl sites for hydroxylation is 1. The first-order valence-electron chi connectivity index (χ1n) is 12.2. The Bertz CT molecular complexity index is 1260. The van der Waals surface area contributed by atoms with Gasteiger partial charge in [-0.05, 0) is 50.9 Å². The number of rotatable bonds is 9. The predicted octanol–water partition coefficient (Wildman–Crippen LogP) is 3.30. The molecule has 0 amide bonds. The molecule has 0 spiro atoms. The van der Waals surface area contributed by atoms with E-state index in [2.05, 4.69) is 25.5 Å². The average Bonchev–Trinajstić information content (AvgIpc) is 3.30. The van der Waals surface area contributed by atoms with Crippen molar-refractivity contribution in [2.24, 2.45) is 0 Å². The monoisotopic (exact) mass is 514 g/mol. The third kappa shape index (κ3) is 5.22. The number of aromatic nitrogens is 5. The summed E-state index contributed by atoms with van der Waals surface area (Å²) in [6.45, 7) is 6.28. The molecule has 1 aliphatic rings. The molecule has 0 saturated carbocycles. The molecule has 36 heavy (non-hydrogen) atoms. The number of piperidine rings is 1. The highest BCUT2D eigenvalue weighted by atomic mass is 32.2. The largest absolute Gasteiger partial charge is 0.494 e. The third-order valence-electron chi connectivity index (χ3n) is 6.81. The van der Waals surface area contributed by atoms with Crippen LogP contribution in [0.3, 0.4) is 0 Å². The molecule has 1 aromatic carbocycles. The fourth-order valence-corrected chi connectivity index (χ4v) is 6.04. The molecule has 0 radical (unpaired) electrons. The molecule has 1 saturated heterocycles. The number of sulfone groups is 1. The number of nitrogens with zero attached hydrogens (tertiary/aromatic N) is 5.